The Morgan fingerprint density at radius 1 is 1.00 bits per heavy atom. The van der Waals surface area contributed by atoms with Crippen molar-refractivity contribution in [2.24, 2.45) is 0 Å². The van der Waals surface area contributed by atoms with Crippen LogP contribution in [0.15, 0.2) is 30.5 Å². The van der Waals surface area contributed by atoms with Crippen molar-refractivity contribution in [2.45, 2.75) is 40.2 Å². The number of anilines is 3. The molecule has 0 fully saturated rings. The van der Waals surface area contributed by atoms with E-state index in [1.165, 1.54) is 11.1 Å². The molecule has 1 aromatic carbocycles. The third-order valence-corrected chi connectivity index (χ3v) is 2.88. The first-order chi connectivity index (χ1) is 9.35. The third kappa shape index (κ3) is 3.70. The van der Waals surface area contributed by atoms with Crippen LogP contribution in [0.1, 0.15) is 31.9 Å². The molecule has 0 atom stereocenters. The summed E-state index contributed by atoms with van der Waals surface area (Å²) >= 11 is 0. The first-order valence-electron chi connectivity index (χ1n) is 6.80. The van der Waals surface area contributed by atoms with E-state index in [4.69, 9.17) is 0 Å². The zero-order valence-corrected chi connectivity index (χ0v) is 12.8. The van der Waals surface area contributed by atoms with Gasteiger partial charge in [0.2, 0.25) is 5.95 Å². The monoisotopic (exact) mass is 270 g/mol. The molecule has 1 aromatic heterocycles. The van der Waals surface area contributed by atoms with Gasteiger partial charge in [-0.25, -0.2) is 4.98 Å². The van der Waals surface area contributed by atoms with Crippen molar-refractivity contribution < 1.29 is 0 Å². The third-order valence-electron chi connectivity index (χ3n) is 2.88. The summed E-state index contributed by atoms with van der Waals surface area (Å²) < 4.78 is 0. The number of nitrogens with one attached hydrogen (secondary N) is 2. The van der Waals surface area contributed by atoms with Crippen LogP contribution in [0.4, 0.5) is 17.5 Å². The van der Waals surface area contributed by atoms with Gasteiger partial charge in [-0.15, -0.1) is 0 Å². The van der Waals surface area contributed by atoms with Crippen LogP contribution in [0, 0.1) is 13.8 Å². The van der Waals surface area contributed by atoms with Crippen LogP contribution in [0.3, 0.4) is 0 Å². The summed E-state index contributed by atoms with van der Waals surface area (Å²) in [5.41, 5.74) is 3.41. The van der Waals surface area contributed by atoms with Crippen LogP contribution in [-0.4, -0.2) is 15.5 Å². The summed E-state index contributed by atoms with van der Waals surface area (Å²) in [5, 5.41) is 6.65. The molecule has 20 heavy (non-hydrogen) atoms. The van der Waals surface area contributed by atoms with E-state index in [0.29, 0.717) is 5.95 Å². The molecule has 2 aromatic rings. The summed E-state index contributed by atoms with van der Waals surface area (Å²) in [6, 6.07) is 8.08. The molecule has 1 heterocycles. The molecular formula is C16H22N4. The fourth-order valence-corrected chi connectivity index (χ4v) is 2.00. The van der Waals surface area contributed by atoms with E-state index in [1.54, 1.807) is 6.20 Å². The summed E-state index contributed by atoms with van der Waals surface area (Å²) in [6.07, 6.45) is 1.76. The van der Waals surface area contributed by atoms with Gasteiger partial charge in [0.15, 0.2) is 0 Å². The van der Waals surface area contributed by atoms with E-state index in [0.717, 1.165) is 11.5 Å². The van der Waals surface area contributed by atoms with E-state index in [1.807, 2.05) is 12.1 Å². The van der Waals surface area contributed by atoms with Crippen LogP contribution in [0.25, 0.3) is 0 Å². The number of benzene rings is 1. The van der Waals surface area contributed by atoms with Crippen molar-refractivity contribution >= 4 is 17.5 Å². The lowest BCUT2D eigenvalue weighted by atomic mass is 10.1. The van der Waals surface area contributed by atoms with Gasteiger partial charge in [0, 0.05) is 17.4 Å². The van der Waals surface area contributed by atoms with Gasteiger partial charge in [-0.1, -0.05) is 18.2 Å². The van der Waals surface area contributed by atoms with Gasteiger partial charge >= 0.3 is 0 Å². The number of nitrogens with zero attached hydrogens (tertiary/aromatic N) is 2. The normalized spacial score (nSPS) is 11.2. The molecule has 0 unspecified atom stereocenters. The number of rotatable bonds is 3. The predicted octanol–water partition coefficient (Wildman–Crippen LogP) is 4.05. The van der Waals surface area contributed by atoms with Crippen LogP contribution in [-0.2, 0) is 0 Å². The van der Waals surface area contributed by atoms with Crippen molar-refractivity contribution in [2.75, 3.05) is 10.6 Å². The van der Waals surface area contributed by atoms with Crippen LogP contribution < -0.4 is 10.6 Å². The second-order valence-electron chi connectivity index (χ2n) is 6.03. The van der Waals surface area contributed by atoms with Gasteiger partial charge in [0.1, 0.15) is 5.82 Å². The fraction of sp³-hybridized carbons (Fsp3) is 0.375. The maximum atomic E-state index is 4.50. The number of aryl methyl sites for hydroxylation is 2. The zero-order valence-electron chi connectivity index (χ0n) is 12.8. The van der Waals surface area contributed by atoms with E-state index in [9.17, 15) is 0 Å². The molecular weight excluding hydrogens is 248 g/mol. The Kier molecular flexibility index (Phi) is 3.93. The van der Waals surface area contributed by atoms with Gasteiger partial charge < -0.3 is 10.6 Å². The summed E-state index contributed by atoms with van der Waals surface area (Å²) in [7, 11) is 0. The van der Waals surface area contributed by atoms with Gasteiger partial charge in [-0.2, -0.15) is 4.98 Å². The Morgan fingerprint density at radius 3 is 2.25 bits per heavy atom. The molecule has 4 nitrogen and oxygen atoms in total. The molecule has 0 aliphatic rings. The summed E-state index contributed by atoms with van der Waals surface area (Å²) in [5.74, 6) is 1.43. The van der Waals surface area contributed by atoms with E-state index in [-0.39, 0.29) is 5.54 Å². The van der Waals surface area contributed by atoms with E-state index in [2.05, 4.69) is 67.4 Å². The number of aromatic nitrogens is 2. The van der Waals surface area contributed by atoms with E-state index >= 15 is 0 Å². The topological polar surface area (TPSA) is 49.8 Å². The van der Waals surface area contributed by atoms with E-state index < -0.39 is 0 Å². The maximum Gasteiger partial charge on any atom is 0.229 e. The Hall–Kier alpha value is -2.10. The standard InChI is InChI=1S/C16H22N4/c1-11-7-6-8-12(2)14(11)19-15-17-10-9-13(18-15)20-16(3,4)5/h6-10H,1-5H3,(H2,17,18,19,20). The molecule has 0 amide bonds. The van der Waals surface area contributed by atoms with Gasteiger partial charge in [0.05, 0.1) is 0 Å². The minimum atomic E-state index is -0.0236. The van der Waals surface area contributed by atoms with Crippen molar-refractivity contribution in [3.05, 3.63) is 41.6 Å². The highest BCUT2D eigenvalue weighted by Gasteiger charge is 2.11. The second-order valence-corrected chi connectivity index (χ2v) is 6.03. The van der Waals surface area contributed by atoms with Gasteiger partial charge in [-0.3, -0.25) is 0 Å². The first kappa shape index (κ1) is 14.3. The molecule has 2 N–H and O–H groups in total. The maximum absolute atomic E-state index is 4.50. The average Bonchev–Trinajstić information content (AvgIpc) is 2.32. The summed E-state index contributed by atoms with van der Waals surface area (Å²) in [4.78, 5) is 8.79. The minimum Gasteiger partial charge on any atom is -0.365 e. The summed E-state index contributed by atoms with van der Waals surface area (Å²) in [6.45, 7) is 10.5. The molecule has 0 aliphatic heterocycles. The largest absolute Gasteiger partial charge is 0.365 e. The number of para-hydroxylation sites is 1. The SMILES string of the molecule is Cc1cccc(C)c1Nc1nccc(NC(C)(C)C)n1. The highest BCUT2D eigenvalue weighted by atomic mass is 15.2. The lowest BCUT2D eigenvalue weighted by Gasteiger charge is -2.21. The highest BCUT2D eigenvalue weighted by Crippen LogP contribution is 2.23. The Balaban J connectivity index is 2.24. The molecule has 0 spiro atoms. The van der Waals surface area contributed by atoms with Crippen molar-refractivity contribution in [3.8, 4) is 0 Å². The van der Waals surface area contributed by atoms with Gasteiger partial charge in [-0.05, 0) is 51.8 Å². The van der Waals surface area contributed by atoms with Crippen molar-refractivity contribution in [1.82, 2.24) is 9.97 Å². The number of hydrogen-bond donors (Lipinski definition) is 2. The molecule has 106 valence electrons. The van der Waals surface area contributed by atoms with Crippen LogP contribution in [0.2, 0.25) is 0 Å². The molecule has 0 radical (unpaired) electrons. The molecule has 0 aliphatic carbocycles. The number of hydrogen-bond acceptors (Lipinski definition) is 4. The lowest BCUT2D eigenvalue weighted by molar-refractivity contribution is 0.630. The molecule has 4 heteroatoms. The fourth-order valence-electron chi connectivity index (χ4n) is 2.00. The molecule has 0 saturated heterocycles. The Bertz CT molecular complexity index is 579. The quantitative estimate of drug-likeness (QED) is 0.883. The Morgan fingerprint density at radius 2 is 1.65 bits per heavy atom. The smallest absolute Gasteiger partial charge is 0.229 e. The predicted molar refractivity (Wildman–Crippen MR) is 84.6 cm³/mol. The Labute approximate surface area is 120 Å². The molecule has 0 bridgehead atoms. The first-order valence-corrected chi connectivity index (χ1v) is 6.80. The highest BCUT2D eigenvalue weighted by molar-refractivity contribution is 5.63. The molecule has 2 rings (SSSR count). The lowest BCUT2D eigenvalue weighted by Crippen LogP contribution is -2.26. The molecule has 0 saturated carbocycles. The van der Waals surface area contributed by atoms with Crippen LogP contribution >= 0.6 is 0 Å². The zero-order chi connectivity index (χ0) is 14.8. The minimum absolute atomic E-state index is 0.0236. The average molecular weight is 270 g/mol. The van der Waals surface area contributed by atoms with Gasteiger partial charge in [0.25, 0.3) is 0 Å². The van der Waals surface area contributed by atoms with Crippen molar-refractivity contribution in [3.63, 3.8) is 0 Å². The van der Waals surface area contributed by atoms with Crippen molar-refractivity contribution in [1.29, 1.82) is 0 Å². The van der Waals surface area contributed by atoms with Crippen LogP contribution in [0.5, 0.6) is 0 Å². The second kappa shape index (κ2) is 5.49.